The van der Waals surface area contributed by atoms with Crippen molar-refractivity contribution >= 4 is 0 Å². The molecule has 0 aliphatic rings. The highest BCUT2D eigenvalue weighted by atomic mass is 15.6. The second kappa shape index (κ2) is 7.10. The second-order valence-electron chi connectivity index (χ2n) is 3.82. The van der Waals surface area contributed by atoms with Gasteiger partial charge in [0.05, 0.1) is 0 Å². The van der Waals surface area contributed by atoms with Gasteiger partial charge in [-0.1, -0.05) is 32.9 Å². The van der Waals surface area contributed by atoms with Crippen molar-refractivity contribution < 1.29 is 0 Å². The molecule has 0 N–H and O–H groups in total. The van der Waals surface area contributed by atoms with Crippen molar-refractivity contribution in [3.63, 3.8) is 0 Å². The fourth-order valence-electron chi connectivity index (χ4n) is 1.04. The minimum Gasteiger partial charge on any atom is -0.245 e. The molecule has 2 heteroatoms. The van der Waals surface area contributed by atoms with Crippen molar-refractivity contribution in [3.05, 3.63) is 12.2 Å². The van der Waals surface area contributed by atoms with Gasteiger partial charge in [-0.25, -0.2) is 10.0 Å². The molecular formula is C11H24N2. The molecule has 0 heterocycles. The van der Waals surface area contributed by atoms with Crippen molar-refractivity contribution in [3.8, 4) is 0 Å². The number of hydrogen-bond acceptors (Lipinski definition) is 2. The molecule has 0 atom stereocenters. The van der Waals surface area contributed by atoms with Gasteiger partial charge in [-0.2, -0.15) is 0 Å². The highest BCUT2D eigenvalue weighted by Crippen LogP contribution is 1.97. The van der Waals surface area contributed by atoms with Gasteiger partial charge in [-0.05, 0) is 12.3 Å². The summed E-state index contributed by atoms with van der Waals surface area (Å²) in [6, 6.07) is 0. The molecule has 0 fully saturated rings. The molecule has 0 radical (unpaired) electrons. The summed E-state index contributed by atoms with van der Waals surface area (Å²) in [5.74, 6) is 0.675. The summed E-state index contributed by atoms with van der Waals surface area (Å²) in [6.45, 7) is 8.76. The van der Waals surface area contributed by atoms with Crippen LogP contribution in [0.15, 0.2) is 12.2 Å². The van der Waals surface area contributed by atoms with E-state index in [1.54, 1.807) is 0 Å². The van der Waals surface area contributed by atoms with E-state index in [4.69, 9.17) is 0 Å². The van der Waals surface area contributed by atoms with E-state index in [2.05, 4.69) is 57.0 Å². The third-order valence-corrected chi connectivity index (χ3v) is 2.18. The van der Waals surface area contributed by atoms with Gasteiger partial charge in [0.1, 0.15) is 0 Å². The summed E-state index contributed by atoms with van der Waals surface area (Å²) >= 11 is 0. The molecule has 2 nitrogen and oxygen atoms in total. The molecule has 0 aliphatic carbocycles. The summed E-state index contributed by atoms with van der Waals surface area (Å²) in [4.78, 5) is 0. The topological polar surface area (TPSA) is 6.48 Å². The van der Waals surface area contributed by atoms with Crippen LogP contribution < -0.4 is 0 Å². The number of hydrogen-bond donors (Lipinski definition) is 0. The van der Waals surface area contributed by atoms with Crippen molar-refractivity contribution in [2.45, 2.75) is 27.2 Å². The van der Waals surface area contributed by atoms with Gasteiger partial charge in [0.2, 0.25) is 0 Å². The molecular weight excluding hydrogens is 160 g/mol. The minimum atomic E-state index is 0.675. The largest absolute Gasteiger partial charge is 0.245 e. The van der Waals surface area contributed by atoms with Crippen LogP contribution in [0, 0.1) is 5.92 Å². The molecule has 0 rings (SSSR count). The maximum Gasteiger partial charge on any atom is 0.0164 e. The van der Waals surface area contributed by atoms with Crippen LogP contribution in [0.3, 0.4) is 0 Å². The van der Waals surface area contributed by atoms with Gasteiger partial charge < -0.3 is 0 Å². The first-order chi connectivity index (χ1) is 6.07. The van der Waals surface area contributed by atoms with E-state index in [1.807, 2.05) is 0 Å². The minimum absolute atomic E-state index is 0.675. The molecule has 0 aromatic rings. The normalized spacial score (nSPS) is 12.6. The highest BCUT2D eigenvalue weighted by Gasteiger charge is 2.00. The Morgan fingerprint density at radius 1 is 1.15 bits per heavy atom. The Bertz CT molecular complexity index is 141. The highest BCUT2D eigenvalue weighted by molar-refractivity contribution is 4.84. The summed E-state index contributed by atoms with van der Waals surface area (Å²) in [5.41, 5.74) is 0. The Morgan fingerprint density at radius 2 is 1.77 bits per heavy atom. The van der Waals surface area contributed by atoms with Crippen LogP contribution in [0.5, 0.6) is 0 Å². The lowest BCUT2D eigenvalue weighted by atomic mass is 10.2. The van der Waals surface area contributed by atoms with Crippen LogP contribution in [0.25, 0.3) is 0 Å². The molecule has 0 aromatic heterocycles. The van der Waals surface area contributed by atoms with Crippen LogP contribution in [0.4, 0.5) is 0 Å². The first-order valence-corrected chi connectivity index (χ1v) is 5.16. The first kappa shape index (κ1) is 12.7. The zero-order chi connectivity index (χ0) is 10.3. The predicted octanol–water partition coefficient (Wildman–Crippen LogP) is 2.39. The van der Waals surface area contributed by atoms with Gasteiger partial charge in [0, 0.05) is 27.2 Å². The number of hydrazine groups is 1. The first-order valence-electron chi connectivity index (χ1n) is 5.16. The maximum atomic E-state index is 2.27. The van der Waals surface area contributed by atoms with Crippen molar-refractivity contribution in [2.24, 2.45) is 5.92 Å². The third kappa shape index (κ3) is 6.79. The number of rotatable bonds is 6. The fourth-order valence-corrected chi connectivity index (χ4v) is 1.04. The van der Waals surface area contributed by atoms with Gasteiger partial charge in [-0.3, -0.25) is 0 Å². The van der Waals surface area contributed by atoms with Crippen molar-refractivity contribution in [1.82, 2.24) is 10.0 Å². The van der Waals surface area contributed by atoms with Crippen LogP contribution >= 0.6 is 0 Å². The Labute approximate surface area is 83.2 Å². The quantitative estimate of drug-likeness (QED) is 0.462. The van der Waals surface area contributed by atoms with E-state index in [0.29, 0.717) is 5.92 Å². The fraction of sp³-hybridized carbons (Fsp3) is 0.818. The van der Waals surface area contributed by atoms with E-state index >= 15 is 0 Å². The zero-order valence-electron chi connectivity index (χ0n) is 9.75. The average molecular weight is 184 g/mol. The second-order valence-corrected chi connectivity index (χ2v) is 3.82. The summed E-state index contributed by atoms with van der Waals surface area (Å²) in [5, 5.41) is 4.48. The molecule has 78 valence electrons. The summed E-state index contributed by atoms with van der Waals surface area (Å²) in [7, 11) is 4.25. The van der Waals surface area contributed by atoms with Gasteiger partial charge >= 0.3 is 0 Å². The van der Waals surface area contributed by atoms with Crippen molar-refractivity contribution in [2.75, 3.05) is 27.2 Å². The average Bonchev–Trinajstić information content (AvgIpc) is 2.10. The molecule has 0 saturated heterocycles. The zero-order valence-corrected chi connectivity index (χ0v) is 9.75. The van der Waals surface area contributed by atoms with E-state index in [9.17, 15) is 0 Å². The lowest BCUT2D eigenvalue weighted by molar-refractivity contribution is 0.0348. The van der Waals surface area contributed by atoms with Gasteiger partial charge in [0.15, 0.2) is 0 Å². The monoisotopic (exact) mass is 184 g/mol. The molecule has 0 spiro atoms. The molecule has 0 unspecified atom stereocenters. The van der Waals surface area contributed by atoms with Crippen LogP contribution in [-0.2, 0) is 0 Å². The lowest BCUT2D eigenvalue weighted by Gasteiger charge is -2.26. The molecule has 0 amide bonds. The Hall–Kier alpha value is -0.340. The predicted molar refractivity (Wildman–Crippen MR) is 59.5 cm³/mol. The third-order valence-electron chi connectivity index (χ3n) is 2.18. The van der Waals surface area contributed by atoms with E-state index in [-0.39, 0.29) is 0 Å². The Morgan fingerprint density at radius 3 is 2.23 bits per heavy atom. The standard InChI is InChI=1S/C11H24N2/c1-6-12(4)13(5)10-8-7-9-11(2)3/h7,9,11H,6,8,10H2,1-5H3. The van der Waals surface area contributed by atoms with Crippen LogP contribution in [-0.4, -0.2) is 37.2 Å². The van der Waals surface area contributed by atoms with E-state index in [0.717, 1.165) is 19.5 Å². The summed E-state index contributed by atoms with van der Waals surface area (Å²) < 4.78 is 0. The Kier molecular flexibility index (Phi) is 6.92. The molecule has 13 heavy (non-hydrogen) atoms. The smallest absolute Gasteiger partial charge is 0.0164 e. The molecule has 0 aromatic carbocycles. The maximum absolute atomic E-state index is 2.27. The van der Waals surface area contributed by atoms with E-state index < -0.39 is 0 Å². The molecule has 0 aliphatic heterocycles. The van der Waals surface area contributed by atoms with Crippen LogP contribution in [0.1, 0.15) is 27.2 Å². The molecule has 0 bridgehead atoms. The SMILES string of the molecule is CCN(C)N(C)CCC=CC(C)C. The molecule has 0 saturated carbocycles. The van der Waals surface area contributed by atoms with E-state index in [1.165, 1.54) is 0 Å². The van der Waals surface area contributed by atoms with Gasteiger partial charge in [0.25, 0.3) is 0 Å². The van der Waals surface area contributed by atoms with Gasteiger partial charge in [-0.15, -0.1) is 0 Å². The van der Waals surface area contributed by atoms with Crippen molar-refractivity contribution in [1.29, 1.82) is 0 Å². The number of allylic oxidation sites excluding steroid dienone is 1. The number of nitrogens with zero attached hydrogens (tertiary/aromatic N) is 2. The van der Waals surface area contributed by atoms with Crippen LogP contribution in [0.2, 0.25) is 0 Å². The summed E-state index contributed by atoms with van der Waals surface area (Å²) in [6.07, 6.45) is 5.67. The lowest BCUT2D eigenvalue weighted by Crippen LogP contribution is -2.36. The Balaban J connectivity index is 3.52.